The molecule has 0 atom stereocenters. The Hall–Kier alpha value is -2.63. The van der Waals surface area contributed by atoms with Gasteiger partial charge in [-0.1, -0.05) is 18.2 Å². The lowest BCUT2D eigenvalue weighted by atomic mass is 10.3. The van der Waals surface area contributed by atoms with Crippen molar-refractivity contribution in [3.05, 3.63) is 90.3 Å². The van der Waals surface area contributed by atoms with Crippen LogP contribution in [0.4, 0.5) is 0 Å². The molecule has 25 heavy (non-hydrogen) atoms. The molecule has 0 radical (unpaired) electrons. The zero-order chi connectivity index (χ0) is 17.2. The van der Waals surface area contributed by atoms with Gasteiger partial charge in [0.15, 0.2) is 0 Å². The van der Waals surface area contributed by atoms with Crippen molar-refractivity contribution in [1.29, 1.82) is 0 Å². The fourth-order valence-electron chi connectivity index (χ4n) is 2.51. The van der Waals surface area contributed by atoms with Gasteiger partial charge in [-0.2, -0.15) is 0 Å². The summed E-state index contributed by atoms with van der Waals surface area (Å²) in [7, 11) is 0. The Morgan fingerprint density at radius 2 is 1.20 bits per heavy atom. The van der Waals surface area contributed by atoms with Gasteiger partial charge in [0.2, 0.25) is 0 Å². The molecule has 3 rings (SSSR count). The summed E-state index contributed by atoms with van der Waals surface area (Å²) in [5.41, 5.74) is 3.04. The highest BCUT2D eigenvalue weighted by molar-refractivity contribution is 5.06. The van der Waals surface area contributed by atoms with Crippen LogP contribution in [0.2, 0.25) is 0 Å². The van der Waals surface area contributed by atoms with E-state index >= 15 is 0 Å². The van der Waals surface area contributed by atoms with Crippen LogP contribution in [0.3, 0.4) is 0 Å². The Balaban J connectivity index is 1.54. The number of rotatable bonds is 9. The molecule has 0 spiro atoms. The van der Waals surface area contributed by atoms with E-state index in [2.05, 4.69) is 19.9 Å². The van der Waals surface area contributed by atoms with Crippen molar-refractivity contribution in [2.45, 2.75) is 19.7 Å². The largest absolute Gasteiger partial charge is 0.374 e. The highest BCUT2D eigenvalue weighted by Crippen LogP contribution is 2.07. The molecule has 5 nitrogen and oxygen atoms in total. The summed E-state index contributed by atoms with van der Waals surface area (Å²) in [5, 5.41) is 0. The summed E-state index contributed by atoms with van der Waals surface area (Å²) in [6, 6.07) is 17.8. The molecule has 3 aromatic rings. The van der Waals surface area contributed by atoms with Gasteiger partial charge < -0.3 is 4.74 Å². The summed E-state index contributed by atoms with van der Waals surface area (Å²) >= 11 is 0. The lowest BCUT2D eigenvalue weighted by molar-refractivity contribution is 0.0852. The average molecular weight is 334 g/mol. The van der Waals surface area contributed by atoms with E-state index in [-0.39, 0.29) is 0 Å². The van der Waals surface area contributed by atoms with Crippen molar-refractivity contribution in [1.82, 2.24) is 19.9 Å². The van der Waals surface area contributed by atoms with Gasteiger partial charge in [-0.05, 0) is 36.4 Å². The number of nitrogens with zero attached hydrogens (tertiary/aromatic N) is 4. The van der Waals surface area contributed by atoms with Gasteiger partial charge in [0.05, 0.1) is 30.3 Å². The van der Waals surface area contributed by atoms with Gasteiger partial charge in [-0.15, -0.1) is 0 Å². The molecule has 3 aromatic heterocycles. The monoisotopic (exact) mass is 334 g/mol. The first kappa shape index (κ1) is 17.2. The van der Waals surface area contributed by atoms with Gasteiger partial charge in [0.1, 0.15) is 0 Å². The maximum atomic E-state index is 5.78. The highest BCUT2D eigenvalue weighted by atomic mass is 16.5. The van der Waals surface area contributed by atoms with E-state index in [1.165, 1.54) is 0 Å². The molecule has 0 amide bonds. The molecule has 128 valence electrons. The second kappa shape index (κ2) is 9.61. The minimum Gasteiger partial charge on any atom is -0.374 e. The molecule has 0 saturated carbocycles. The molecular formula is C20H22N4O. The Morgan fingerprint density at radius 1 is 0.680 bits per heavy atom. The van der Waals surface area contributed by atoms with Crippen LogP contribution in [0.1, 0.15) is 17.1 Å². The highest BCUT2D eigenvalue weighted by Gasteiger charge is 2.09. The second-order valence-electron chi connectivity index (χ2n) is 5.73. The van der Waals surface area contributed by atoms with E-state index < -0.39 is 0 Å². The minimum atomic E-state index is 0.530. The topological polar surface area (TPSA) is 51.1 Å². The van der Waals surface area contributed by atoms with Crippen molar-refractivity contribution in [3.63, 3.8) is 0 Å². The van der Waals surface area contributed by atoms with Crippen LogP contribution < -0.4 is 0 Å². The van der Waals surface area contributed by atoms with Crippen LogP contribution >= 0.6 is 0 Å². The average Bonchev–Trinajstić information content (AvgIpc) is 2.67. The quantitative estimate of drug-likeness (QED) is 0.563. The zero-order valence-electron chi connectivity index (χ0n) is 14.2. The molecule has 0 aliphatic rings. The van der Waals surface area contributed by atoms with Crippen LogP contribution in [-0.4, -0.2) is 33.0 Å². The molecular weight excluding hydrogens is 312 g/mol. The van der Waals surface area contributed by atoms with Gasteiger partial charge in [-0.3, -0.25) is 19.9 Å². The van der Waals surface area contributed by atoms with Gasteiger partial charge in [0.25, 0.3) is 0 Å². The van der Waals surface area contributed by atoms with E-state index in [1.807, 2.05) is 67.0 Å². The van der Waals surface area contributed by atoms with Gasteiger partial charge in [0, 0.05) is 38.2 Å². The van der Waals surface area contributed by atoms with Crippen molar-refractivity contribution >= 4 is 0 Å². The summed E-state index contributed by atoms with van der Waals surface area (Å²) in [5.74, 6) is 0. The Labute approximate surface area is 148 Å². The molecule has 0 aliphatic carbocycles. The van der Waals surface area contributed by atoms with Crippen molar-refractivity contribution in [3.8, 4) is 0 Å². The maximum Gasteiger partial charge on any atom is 0.0888 e. The predicted octanol–water partition coefficient (Wildman–Crippen LogP) is 3.09. The molecule has 0 bridgehead atoms. The van der Waals surface area contributed by atoms with Crippen molar-refractivity contribution in [2.24, 2.45) is 0 Å². The summed E-state index contributed by atoms with van der Waals surface area (Å²) in [4.78, 5) is 15.4. The molecule has 5 heteroatoms. The molecule has 3 heterocycles. The van der Waals surface area contributed by atoms with E-state index in [4.69, 9.17) is 4.74 Å². The fourth-order valence-corrected chi connectivity index (χ4v) is 2.51. The number of hydrogen-bond acceptors (Lipinski definition) is 5. The molecule has 0 saturated heterocycles. The number of pyridine rings is 3. The van der Waals surface area contributed by atoms with Crippen LogP contribution in [0.25, 0.3) is 0 Å². The van der Waals surface area contributed by atoms with Crippen molar-refractivity contribution in [2.75, 3.05) is 13.2 Å². The standard InChI is InChI=1S/C20H22N4O/c1-4-10-21-18(7-1)15-24(16-19-8-2-5-11-22-19)13-14-25-17-20-9-3-6-12-23-20/h1-12H,13-17H2. The second-order valence-corrected chi connectivity index (χ2v) is 5.73. The summed E-state index contributed by atoms with van der Waals surface area (Å²) in [6.07, 6.45) is 5.44. The first-order valence-electron chi connectivity index (χ1n) is 8.40. The molecule has 0 unspecified atom stereocenters. The molecule has 0 aromatic carbocycles. The van der Waals surface area contributed by atoms with E-state index in [9.17, 15) is 0 Å². The summed E-state index contributed by atoms with van der Waals surface area (Å²) < 4.78 is 5.78. The van der Waals surface area contributed by atoms with Gasteiger partial charge >= 0.3 is 0 Å². The third-order valence-corrected chi connectivity index (χ3v) is 3.75. The Kier molecular flexibility index (Phi) is 6.61. The van der Waals surface area contributed by atoms with E-state index in [0.29, 0.717) is 13.2 Å². The molecule has 0 N–H and O–H groups in total. The summed E-state index contributed by atoms with van der Waals surface area (Å²) in [6.45, 7) is 3.51. The third kappa shape index (κ3) is 6.06. The van der Waals surface area contributed by atoms with Crippen molar-refractivity contribution < 1.29 is 4.74 Å². The smallest absolute Gasteiger partial charge is 0.0888 e. The van der Waals surface area contributed by atoms with Crippen LogP contribution in [0.15, 0.2) is 73.2 Å². The van der Waals surface area contributed by atoms with Crippen LogP contribution in [0, 0.1) is 0 Å². The Bertz CT molecular complexity index is 681. The number of aromatic nitrogens is 3. The van der Waals surface area contributed by atoms with Crippen LogP contribution in [0.5, 0.6) is 0 Å². The normalized spacial score (nSPS) is 10.9. The predicted molar refractivity (Wildman–Crippen MR) is 96.5 cm³/mol. The molecule has 0 fully saturated rings. The number of ether oxygens (including phenoxy) is 1. The lowest BCUT2D eigenvalue weighted by Gasteiger charge is -2.21. The molecule has 0 aliphatic heterocycles. The fraction of sp³-hybridized carbons (Fsp3) is 0.250. The number of hydrogen-bond donors (Lipinski definition) is 0. The Morgan fingerprint density at radius 3 is 1.68 bits per heavy atom. The van der Waals surface area contributed by atoms with E-state index in [0.717, 1.165) is 36.7 Å². The first-order valence-corrected chi connectivity index (χ1v) is 8.40. The van der Waals surface area contributed by atoms with E-state index in [1.54, 1.807) is 6.20 Å². The van der Waals surface area contributed by atoms with Crippen LogP contribution in [-0.2, 0) is 24.4 Å². The van der Waals surface area contributed by atoms with Gasteiger partial charge in [-0.25, -0.2) is 0 Å². The minimum absolute atomic E-state index is 0.530. The lowest BCUT2D eigenvalue weighted by Crippen LogP contribution is -2.27. The SMILES string of the molecule is c1ccc(COCCN(Cc2ccccn2)Cc2ccccn2)nc1. The first-order chi connectivity index (χ1) is 12.4. The maximum absolute atomic E-state index is 5.78. The third-order valence-electron chi connectivity index (χ3n) is 3.75. The zero-order valence-corrected chi connectivity index (χ0v) is 14.2.